The molecule has 3 rings (SSSR count). The average molecular weight is 272 g/mol. The Balaban J connectivity index is 2.14. The van der Waals surface area contributed by atoms with Gasteiger partial charge in [0.05, 0.1) is 17.6 Å². The zero-order valence-electron chi connectivity index (χ0n) is 12.1. The van der Waals surface area contributed by atoms with E-state index in [9.17, 15) is 4.79 Å². The van der Waals surface area contributed by atoms with Crippen LogP contribution in [0.3, 0.4) is 0 Å². The van der Waals surface area contributed by atoms with Crippen molar-refractivity contribution in [1.29, 1.82) is 0 Å². The monoisotopic (exact) mass is 272 g/mol. The Morgan fingerprint density at radius 3 is 2.70 bits per heavy atom. The smallest absolute Gasteiger partial charge is 0.319 e. The van der Waals surface area contributed by atoms with Gasteiger partial charge in [-0.2, -0.15) is 0 Å². The third kappa shape index (κ3) is 1.74. The standard InChI is InChI=1S/C16H20N2O2/c1-3-18-13-9-6-5-8-12(13)17-14(18)16(10-7-11-16)15(19)20-4-2/h5-6,8-9H,3-4,7,10-11H2,1-2H3. The summed E-state index contributed by atoms with van der Waals surface area (Å²) in [6.07, 6.45) is 2.75. The van der Waals surface area contributed by atoms with Crippen molar-refractivity contribution < 1.29 is 9.53 Å². The van der Waals surface area contributed by atoms with Crippen LogP contribution in [0.25, 0.3) is 11.0 Å². The lowest BCUT2D eigenvalue weighted by molar-refractivity contribution is -0.154. The van der Waals surface area contributed by atoms with Crippen LogP contribution in [0.2, 0.25) is 0 Å². The zero-order valence-corrected chi connectivity index (χ0v) is 12.1. The van der Waals surface area contributed by atoms with E-state index in [0.717, 1.165) is 42.7 Å². The first kappa shape index (κ1) is 13.2. The molecule has 0 aliphatic heterocycles. The van der Waals surface area contributed by atoms with Gasteiger partial charge in [0.15, 0.2) is 0 Å². The molecule has 0 bridgehead atoms. The van der Waals surface area contributed by atoms with E-state index in [1.165, 1.54) is 0 Å². The molecule has 0 N–H and O–H groups in total. The Labute approximate surface area is 118 Å². The molecule has 4 heteroatoms. The van der Waals surface area contributed by atoms with Gasteiger partial charge in [-0.3, -0.25) is 4.79 Å². The second-order valence-corrected chi connectivity index (χ2v) is 5.32. The number of imidazole rings is 1. The quantitative estimate of drug-likeness (QED) is 0.803. The fraction of sp³-hybridized carbons (Fsp3) is 0.500. The van der Waals surface area contributed by atoms with E-state index in [2.05, 4.69) is 17.6 Å². The van der Waals surface area contributed by atoms with Crippen molar-refractivity contribution in [3.8, 4) is 0 Å². The highest BCUT2D eigenvalue weighted by Crippen LogP contribution is 2.45. The molecule has 4 nitrogen and oxygen atoms in total. The minimum Gasteiger partial charge on any atom is -0.465 e. The van der Waals surface area contributed by atoms with Gasteiger partial charge in [0.1, 0.15) is 11.2 Å². The number of nitrogens with zero attached hydrogens (tertiary/aromatic N) is 2. The number of aromatic nitrogens is 2. The Hall–Kier alpha value is -1.84. The van der Waals surface area contributed by atoms with Gasteiger partial charge in [0, 0.05) is 6.54 Å². The predicted molar refractivity (Wildman–Crippen MR) is 77.6 cm³/mol. The molecular formula is C16H20N2O2. The molecule has 0 radical (unpaired) electrons. The van der Waals surface area contributed by atoms with Crippen molar-refractivity contribution in [2.75, 3.05) is 6.61 Å². The van der Waals surface area contributed by atoms with E-state index in [4.69, 9.17) is 9.72 Å². The first-order valence-corrected chi connectivity index (χ1v) is 7.36. The highest BCUT2D eigenvalue weighted by molar-refractivity contribution is 5.86. The summed E-state index contributed by atoms with van der Waals surface area (Å²) in [6, 6.07) is 8.06. The predicted octanol–water partition coefficient (Wildman–Crippen LogP) is 3.04. The third-order valence-electron chi connectivity index (χ3n) is 4.27. The van der Waals surface area contributed by atoms with Crippen LogP contribution in [0.1, 0.15) is 38.9 Å². The van der Waals surface area contributed by atoms with E-state index in [1.54, 1.807) is 0 Å². The number of fused-ring (bicyclic) bond motifs is 1. The molecule has 1 aliphatic rings. The maximum Gasteiger partial charge on any atom is 0.319 e. The van der Waals surface area contributed by atoms with Crippen LogP contribution in [-0.4, -0.2) is 22.1 Å². The number of hydrogen-bond donors (Lipinski definition) is 0. The average Bonchev–Trinajstić information content (AvgIpc) is 2.76. The van der Waals surface area contributed by atoms with Gasteiger partial charge in [-0.15, -0.1) is 0 Å². The van der Waals surface area contributed by atoms with Crippen LogP contribution in [0, 0.1) is 0 Å². The Kier molecular flexibility index (Phi) is 3.24. The molecule has 1 fully saturated rings. The molecule has 0 saturated heterocycles. The molecule has 20 heavy (non-hydrogen) atoms. The van der Waals surface area contributed by atoms with Gasteiger partial charge in [-0.1, -0.05) is 18.6 Å². The molecular weight excluding hydrogens is 252 g/mol. The second-order valence-electron chi connectivity index (χ2n) is 5.32. The Bertz CT molecular complexity index is 641. The van der Waals surface area contributed by atoms with Crippen molar-refractivity contribution in [2.45, 2.75) is 45.1 Å². The SMILES string of the molecule is CCOC(=O)C1(c2nc3ccccc3n2CC)CCC1. The zero-order chi connectivity index (χ0) is 14.2. The summed E-state index contributed by atoms with van der Waals surface area (Å²) in [7, 11) is 0. The van der Waals surface area contributed by atoms with E-state index < -0.39 is 5.41 Å². The second kappa shape index (κ2) is 4.93. The summed E-state index contributed by atoms with van der Waals surface area (Å²) in [4.78, 5) is 17.2. The van der Waals surface area contributed by atoms with Crippen LogP contribution in [0.4, 0.5) is 0 Å². The number of rotatable bonds is 4. The minimum atomic E-state index is -0.523. The molecule has 1 aromatic heterocycles. The van der Waals surface area contributed by atoms with Crippen molar-refractivity contribution in [3.63, 3.8) is 0 Å². The molecule has 0 unspecified atom stereocenters. The number of benzene rings is 1. The highest BCUT2D eigenvalue weighted by atomic mass is 16.5. The first-order valence-electron chi connectivity index (χ1n) is 7.36. The van der Waals surface area contributed by atoms with Crippen molar-refractivity contribution in [3.05, 3.63) is 30.1 Å². The normalized spacial score (nSPS) is 16.9. The molecule has 1 aromatic carbocycles. The number of carbonyl (C=O) groups is 1. The van der Waals surface area contributed by atoms with E-state index in [1.807, 2.05) is 25.1 Å². The number of hydrogen-bond acceptors (Lipinski definition) is 3. The van der Waals surface area contributed by atoms with E-state index in [-0.39, 0.29) is 5.97 Å². The molecule has 0 amide bonds. The van der Waals surface area contributed by atoms with Gasteiger partial charge in [0.2, 0.25) is 0 Å². The molecule has 1 saturated carbocycles. The van der Waals surface area contributed by atoms with Gasteiger partial charge < -0.3 is 9.30 Å². The number of para-hydroxylation sites is 2. The van der Waals surface area contributed by atoms with Gasteiger partial charge in [0.25, 0.3) is 0 Å². The van der Waals surface area contributed by atoms with Gasteiger partial charge in [-0.25, -0.2) is 4.98 Å². The molecule has 106 valence electrons. The summed E-state index contributed by atoms with van der Waals surface area (Å²) < 4.78 is 7.46. The van der Waals surface area contributed by atoms with Crippen LogP contribution in [0.5, 0.6) is 0 Å². The van der Waals surface area contributed by atoms with E-state index in [0.29, 0.717) is 6.61 Å². The number of esters is 1. The fourth-order valence-electron chi connectivity index (χ4n) is 3.08. The summed E-state index contributed by atoms with van der Waals surface area (Å²) in [5.41, 5.74) is 1.53. The maximum absolute atomic E-state index is 12.4. The maximum atomic E-state index is 12.4. The lowest BCUT2D eigenvalue weighted by Crippen LogP contribution is -2.45. The minimum absolute atomic E-state index is 0.115. The summed E-state index contributed by atoms with van der Waals surface area (Å²) in [5.74, 6) is 0.766. The Morgan fingerprint density at radius 2 is 2.10 bits per heavy atom. The molecule has 2 aromatic rings. The molecule has 1 heterocycles. The molecule has 1 aliphatic carbocycles. The highest BCUT2D eigenvalue weighted by Gasteiger charge is 2.50. The largest absolute Gasteiger partial charge is 0.465 e. The van der Waals surface area contributed by atoms with Gasteiger partial charge >= 0.3 is 5.97 Å². The summed E-state index contributed by atoms with van der Waals surface area (Å²) in [6.45, 7) is 5.19. The third-order valence-corrected chi connectivity index (χ3v) is 4.27. The van der Waals surface area contributed by atoms with Crippen LogP contribution in [0.15, 0.2) is 24.3 Å². The van der Waals surface area contributed by atoms with Crippen LogP contribution < -0.4 is 0 Å². The van der Waals surface area contributed by atoms with Crippen LogP contribution in [-0.2, 0) is 21.5 Å². The first-order chi connectivity index (χ1) is 9.73. The van der Waals surface area contributed by atoms with Crippen molar-refractivity contribution in [2.24, 2.45) is 0 Å². The lowest BCUT2D eigenvalue weighted by atomic mass is 9.68. The lowest BCUT2D eigenvalue weighted by Gasteiger charge is -2.38. The fourth-order valence-corrected chi connectivity index (χ4v) is 3.08. The molecule has 0 atom stereocenters. The number of carbonyl (C=O) groups excluding carboxylic acids is 1. The van der Waals surface area contributed by atoms with Crippen molar-refractivity contribution in [1.82, 2.24) is 9.55 Å². The topological polar surface area (TPSA) is 44.1 Å². The van der Waals surface area contributed by atoms with Gasteiger partial charge in [-0.05, 0) is 38.8 Å². The summed E-state index contributed by atoms with van der Waals surface area (Å²) >= 11 is 0. The van der Waals surface area contributed by atoms with Crippen molar-refractivity contribution >= 4 is 17.0 Å². The van der Waals surface area contributed by atoms with E-state index >= 15 is 0 Å². The summed E-state index contributed by atoms with van der Waals surface area (Å²) in [5, 5.41) is 0. The number of ether oxygens (including phenoxy) is 1. The Morgan fingerprint density at radius 1 is 1.35 bits per heavy atom. The number of aryl methyl sites for hydroxylation is 1. The molecule has 0 spiro atoms. The van der Waals surface area contributed by atoms with Crippen LogP contribution >= 0.6 is 0 Å².